The minimum Gasteiger partial charge on any atom is -0.352 e. The van der Waals surface area contributed by atoms with Crippen molar-refractivity contribution in [2.75, 3.05) is 6.54 Å². The number of aromatic nitrogens is 2. The summed E-state index contributed by atoms with van der Waals surface area (Å²) in [5.41, 5.74) is 0.289. The lowest BCUT2D eigenvalue weighted by atomic mass is 10.1. The molecular weight excluding hydrogens is 232 g/mol. The Bertz CT molecular complexity index is 421. The highest BCUT2D eigenvalue weighted by atomic mass is 16.2. The standard InChI is InChI=1S/C12H16N4O2/c17-11-4-2-1-3-9(16-11)7-15-12(18)10-8-13-5-6-14-10/h5-6,8-9H,1-4,7H2,(H,15,18)(H,16,17). The van der Waals surface area contributed by atoms with E-state index in [4.69, 9.17) is 0 Å². The molecule has 18 heavy (non-hydrogen) atoms. The molecule has 1 aromatic heterocycles. The first-order valence-corrected chi connectivity index (χ1v) is 6.09. The summed E-state index contributed by atoms with van der Waals surface area (Å²) in [6.07, 6.45) is 7.80. The molecule has 96 valence electrons. The molecule has 2 rings (SSSR count). The van der Waals surface area contributed by atoms with E-state index < -0.39 is 0 Å². The van der Waals surface area contributed by atoms with Crippen molar-refractivity contribution in [3.63, 3.8) is 0 Å². The molecule has 2 N–H and O–H groups in total. The maximum Gasteiger partial charge on any atom is 0.271 e. The van der Waals surface area contributed by atoms with Crippen LogP contribution in [0.4, 0.5) is 0 Å². The van der Waals surface area contributed by atoms with Gasteiger partial charge in [0.25, 0.3) is 5.91 Å². The smallest absolute Gasteiger partial charge is 0.271 e. The average Bonchev–Trinajstić information content (AvgIpc) is 2.61. The van der Waals surface area contributed by atoms with Crippen LogP contribution >= 0.6 is 0 Å². The summed E-state index contributed by atoms with van der Waals surface area (Å²) in [6.45, 7) is 0.432. The Morgan fingerprint density at radius 3 is 3.11 bits per heavy atom. The molecule has 1 unspecified atom stereocenters. The van der Waals surface area contributed by atoms with Crippen molar-refractivity contribution in [1.29, 1.82) is 0 Å². The zero-order valence-electron chi connectivity index (χ0n) is 10.1. The van der Waals surface area contributed by atoms with Gasteiger partial charge in [-0.2, -0.15) is 0 Å². The maximum absolute atomic E-state index is 11.7. The Morgan fingerprint density at radius 1 is 1.44 bits per heavy atom. The van der Waals surface area contributed by atoms with Gasteiger partial charge in [-0.05, 0) is 12.8 Å². The average molecular weight is 248 g/mol. The van der Waals surface area contributed by atoms with Crippen molar-refractivity contribution in [2.45, 2.75) is 31.7 Å². The third kappa shape index (κ3) is 3.51. The van der Waals surface area contributed by atoms with Crippen LogP contribution in [0.5, 0.6) is 0 Å². The van der Waals surface area contributed by atoms with E-state index in [0.717, 1.165) is 19.3 Å². The SMILES string of the molecule is O=C1CCCCC(CNC(=O)c2cnccn2)N1. The van der Waals surface area contributed by atoms with Gasteiger partial charge >= 0.3 is 0 Å². The number of carbonyl (C=O) groups excluding carboxylic acids is 2. The highest BCUT2D eigenvalue weighted by molar-refractivity contribution is 5.91. The Hall–Kier alpha value is -1.98. The van der Waals surface area contributed by atoms with Crippen LogP contribution in [0.2, 0.25) is 0 Å². The number of rotatable bonds is 3. The van der Waals surface area contributed by atoms with Gasteiger partial charge in [0.15, 0.2) is 0 Å². The van der Waals surface area contributed by atoms with Crippen LogP contribution < -0.4 is 10.6 Å². The van der Waals surface area contributed by atoms with Gasteiger partial charge in [-0.15, -0.1) is 0 Å². The number of carbonyl (C=O) groups is 2. The van der Waals surface area contributed by atoms with E-state index in [9.17, 15) is 9.59 Å². The van der Waals surface area contributed by atoms with E-state index in [-0.39, 0.29) is 23.6 Å². The van der Waals surface area contributed by atoms with Crippen LogP contribution in [0.3, 0.4) is 0 Å². The van der Waals surface area contributed by atoms with E-state index in [1.807, 2.05) is 0 Å². The molecule has 1 aliphatic heterocycles. The van der Waals surface area contributed by atoms with Crippen LogP contribution in [0.25, 0.3) is 0 Å². The van der Waals surface area contributed by atoms with Gasteiger partial charge in [-0.25, -0.2) is 4.98 Å². The van der Waals surface area contributed by atoms with Gasteiger partial charge in [-0.3, -0.25) is 14.6 Å². The van der Waals surface area contributed by atoms with Gasteiger partial charge in [0.1, 0.15) is 5.69 Å². The van der Waals surface area contributed by atoms with Crippen molar-refractivity contribution in [3.8, 4) is 0 Å². The molecule has 6 heteroatoms. The van der Waals surface area contributed by atoms with Crippen molar-refractivity contribution < 1.29 is 9.59 Å². The molecule has 1 fully saturated rings. The lowest BCUT2D eigenvalue weighted by Gasteiger charge is -2.16. The highest BCUT2D eigenvalue weighted by Crippen LogP contribution is 2.08. The van der Waals surface area contributed by atoms with E-state index in [2.05, 4.69) is 20.6 Å². The van der Waals surface area contributed by atoms with Crippen molar-refractivity contribution in [2.24, 2.45) is 0 Å². The number of nitrogens with zero attached hydrogens (tertiary/aromatic N) is 2. The molecule has 0 spiro atoms. The monoisotopic (exact) mass is 248 g/mol. The second-order valence-electron chi connectivity index (χ2n) is 4.31. The first-order valence-electron chi connectivity index (χ1n) is 6.09. The molecule has 0 bridgehead atoms. The summed E-state index contributed by atoms with van der Waals surface area (Å²) in [4.78, 5) is 30.8. The predicted molar refractivity (Wildman–Crippen MR) is 64.8 cm³/mol. The quantitative estimate of drug-likeness (QED) is 0.804. The zero-order chi connectivity index (χ0) is 12.8. The van der Waals surface area contributed by atoms with Crippen LogP contribution in [0, 0.1) is 0 Å². The minimum absolute atomic E-state index is 0.0145. The normalized spacial score (nSPS) is 19.8. The third-order valence-corrected chi connectivity index (χ3v) is 2.88. The summed E-state index contributed by atoms with van der Waals surface area (Å²) < 4.78 is 0. The first kappa shape index (κ1) is 12.5. The lowest BCUT2D eigenvalue weighted by Crippen LogP contribution is -2.42. The van der Waals surface area contributed by atoms with Crippen LogP contribution in [-0.4, -0.2) is 34.4 Å². The number of amides is 2. The van der Waals surface area contributed by atoms with Gasteiger partial charge in [0.05, 0.1) is 6.20 Å². The Labute approximate surface area is 105 Å². The topological polar surface area (TPSA) is 84.0 Å². The molecule has 0 saturated carbocycles. The highest BCUT2D eigenvalue weighted by Gasteiger charge is 2.17. The number of hydrogen-bond acceptors (Lipinski definition) is 4. The Balaban J connectivity index is 1.84. The van der Waals surface area contributed by atoms with Gasteiger partial charge in [-0.1, -0.05) is 6.42 Å². The van der Waals surface area contributed by atoms with Crippen molar-refractivity contribution in [3.05, 3.63) is 24.3 Å². The van der Waals surface area contributed by atoms with Crippen LogP contribution in [0.15, 0.2) is 18.6 Å². The molecular formula is C12H16N4O2. The predicted octanol–water partition coefficient (Wildman–Crippen LogP) is 0.265. The maximum atomic E-state index is 11.7. The summed E-state index contributed by atoms with van der Waals surface area (Å²) in [7, 11) is 0. The van der Waals surface area contributed by atoms with Crippen molar-refractivity contribution in [1.82, 2.24) is 20.6 Å². The first-order chi connectivity index (χ1) is 8.75. The fraction of sp³-hybridized carbons (Fsp3) is 0.500. The molecule has 2 heterocycles. The van der Waals surface area contributed by atoms with Crippen LogP contribution in [0.1, 0.15) is 36.2 Å². The zero-order valence-corrected chi connectivity index (χ0v) is 10.1. The van der Waals surface area contributed by atoms with Gasteiger partial charge < -0.3 is 10.6 Å². The molecule has 6 nitrogen and oxygen atoms in total. The summed E-state index contributed by atoms with van der Waals surface area (Å²) in [6, 6.07) is 0.0145. The Morgan fingerprint density at radius 2 is 2.33 bits per heavy atom. The summed E-state index contributed by atoms with van der Waals surface area (Å²) >= 11 is 0. The largest absolute Gasteiger partial charge is 0.352 e. The van der Waals surface area contributed by atoms with E-state index >= 15 is 0 Å². The molecule has 0 aromatic carbocycles. The molecule has 1 aliphatic rings. The second-order valence-corrected chi connectivity index (χ2v) is 4.31. The minimum atomic E-state index is -0.262. The van der Waals surface area contributed by atoms with E-state index in [1.54, 1.807) is 0 Å². The fourth-order valence-corrected chi connectivity index (χ4v) is 1.92. The molecule has 2 amide bonds. The molecule has 0 aliphatic carbocycles. The molecule has 1 aromatic rings. The summed E-state index contributed by atoms with van der Waals surface area (Å²) in [5, 5.41) is 5.66. The van der Waals surface area contributed by atoms with Crippen molar-refractivity contribution >= 4 is 11.8 Å². The fourth-order valence-electron chi connectivity index (χ4n) is 1.92. The Kier molecular flexibility index (Phi) is 4.22. The van der Waals surface area contributed by atoms with E-state index in [1.165, 1.54) is 18.6 Å². The summed E-state index contributed by atoms with van der Waals surface area (Å²) in [5.74, 6) is -0.201. The van der Waals surface area contributed by atoms with Gasteiger partial charge in [0, 0.05) is 31.4 Å². The van der Waals surface area contributed by atoms with Crippen LogP contribution in [-0.2, 0) is 4.79 Å². The van der Waals surface area contributed by atoms with Gasteiger partial charge in [0.2, 0.25) is 5.91 Å². The number of nitrogens with one attached hydrogen (secondary N) is 2. The number of hydrogen-bond donors (Lipinski definition) is 2. The molecule has 1 saturated heterocycles. The van der Waals surface area contributed by atoms with E-state index in [0.29, 0.717) is 13.0 Å². The third-order valence-electron chi connectivity index (χ3n) is 2.88. The lowest BCUT2D eigenvalue weighted by molar-refractivity contribution is -0.121. The molecule has 1 atom stereocenters. The molecule has 0 radical (unpaired) electrons. The second kappa shape index (κ2) is 6.09.